The summed E-state index contributed by atoms with van der Waals surface area (Å²) in [4.78, 5) is 14.4. The van der Waals surface area contributed by atoms with Gasteiger partial charge in [-0.05, 0) is 63.1 Å². The quantitative estimate of drug-likeness (QED) is 0.932. The maximum Gasteiger partial charge on any atom is 0.260 e. The van der Waals surface area contributed by atoms with Gasteiger partial charge >= 0.3 is 0 Å². The molecule has 2 aliphatic rings. The van der Waals surface area contributed by atoms with E-state index in [1.165, 1.54) is 12.0 Å². The second-order valence-electron chi connectivity index (χ2n) is 7.32. The lowest BCUT2D eigenvalue weighted by Gasteiger charge is -2.38. The van der Waals surface area contributed by atoms with Crippen molar-refractivity contribution >= 4 is 5.91 Å². The molecule has 2 fully saturated rings. The van der Waals surface area contributed by atoms with Crippen LogP contribution >= 0.6 is 0 Å². The van der Waals surface area contributed by atoms with Crippen LogP contribution in [0.4, 0.5) is 0 Å². The van der Waals surface area contributed by atoms with E-state index in [0.717, 1.165) is 55.9 Å². The number of amides is 1. The molecule has 0 bridgehead atoms. The number of hydrogen-bond acceptors (Lipinski definition) is 3. The van der Waals surface area contributed by atoms with E-state index in [1.54, 1.807) is 0 Å². The lowest BCUT2D eigenvalue weighted by Crippen LogP contribution is -2.45. The summed E-state index contributed by atoms with van der Waals surface area (Å²) in [6, 6.07) is 4.20. The number of ether oxygens (including phenoxy) is 1. The molecule has 2 saturated heterocycles. The molecular weight excluding hydrogens is 288 g/mol. The molecule has 1 aromatic rings. The zero-order valence-electron chi connectivity index (χ0n) is 14.6. The Morgan fingerprint density at radius 1 is 1.17 bits per heavy atom. The highest BCUT2D eigenvalue weighted by atomic mass is 16.5. The van der Waals surface area contributed by atoms with Gasteiger partial charge in [-0.3, -0.25) is 4.79 Å². The third-order valence-electron chi connectivity index (χ3n) is 5.45. The Balaban J connectivity index is 1.54. The van der Waals surface area contributed by atoms with Crippen LogP contribution in [0.5, 0.6) is 5.75 Å². The van der Waals surface area contributed by atoms with Crippen LogP contribution in [-0.2, 0) is 4.79 Å². The van der Waals surface area contributed by atoms with Gasteiger partial charge in [0, 0.05) is 19.6 Å². The van der Waals surface area contributed by atoms with Crippen molar-refractivity contribution in [2.45, 2.75) is 40.0 Å². The van der Waals surface area contributed by atoms with Crippen LogP contribution in [0.25, 0.3) is 0 Å². The Morgan fingerprint density at radius 2 is 1.83 bits per heavy atom. The minimum Gasteiger partial charge on any atom is -0.483 e. The first-order valence-corrected chi connectivity index (χ1v) is 8.68. The number of hydrogen-bond donors (Lipinski definition) is 1. The number of aryl methyl sites for hydroxylation is 3. The highest BCUT2D eigenvalue weighted by Crippen LogP contribution is 2.36. The van der Waals surface area contributed by atoms with Crippen LogP contribution < -0.4 is 10.1 Å². The number of nitrogens with one attached hydrogen (secondary N) is 1. The highest BCUT2D eigenvalue weighted by molar-refractivity contribution is 5.78. The van der Waals surface area contributed by atoms with Gasteiger partial charge in [0.25, 0.3) is 5.91 Å². The molecule has 1 amide bonds. The number of carbonyl (C=O) groups excluding carboxylic acids is 1. The molecule has 0 atom stereocenters. The second kappa shape index (κ2) is 6.52. The fourth-order valence-electron chi connectivity index (χ4n) is 4.07. The standard InChI is InChI=1S/C19H28N2O2/c1-14-10-15(2)18(16(3)11-14)23-12-17(22)21-8-5-19(6-9-21)4-7-20-13-19/h10-11,20H,4-9,12-13H2,1-3H3. The predicted molar refractivity (Wildman–Crippen MR) is 91.9 cm³/mol. The Kier molecular flexibility index (Phi) is 4.62. The summed E-state index contributed by atoms with van der Waals surface area (Å²) in [7, 11) is 0. The fourth-order valence-corrected chi connectivity index (χ4v) is 4.07. The molecule has 4 heteroatoms. The average Bonchev–Trinajstić information content (AvgIpc) is 2.95. The Bertz CT molecular complexity index is 558. The van der Waals surface area contributed by atoms with E-state index in [1.807, 2.05) is 18.7 Å². The van der Waals surface area contributed by atoms with Crippen molar-refractivity contribution in [1.29, 1.82) is 0 Å². The summed E-state index contributed by atoms with van der Waals surface area (Å²) in [5, 5.41) is 3.46. The molecule has 126 valence electrons. The van der Waals surface area contributed by atoms with Crippen LogP contribution in [-0.4, -0.2) is 43.6 Å². The van der Waals surface area contributed by atoms with E-state index >= 15 is 0 Å². The van der Waals surface area contributed by atoms with Crippen molar-refractivity contribution in [3.8, 4) is 5.75 Å². The van der Waals surface area contributed by atoms with Gasteiger partial charge in [0.15, 0.2) is 6.61 Å². The van der Waals surface area contributed by atoms with Crippen LogP contribution in [0.15, 0.2) is 12.1 Å². The number of benzene rings is 1. The summed E-state index contributed by atoms with van der Waals surface area (Å²) in [6.45, 7) is 10.3. The first-order valence-electron chi connectivity index (χ1n) is 8.68. The van der Waals surface area contributed by atoms with Gasteiger partial charge in [0.05, 0.1) is 0 Å². The SMILES string of the molecule is Cc1cc(C)c(OCC(=O)N2CCC3(CCNC3)CC2)c(C)c1. The van der Waals surface area contributed by atoms with E-state index in [9.17, 15) is 4.79 Å². The largest absolute Gasteiger partial charge is 0.483 e. The minimum atomic E-state index is 0.116. The summed E-state index contributed by atoms with van der Waals surface area (Å²) < 4.78 is 5.85. The molecule has 0 aromatic heterocycles. The third kappa shape index (κ3) is 3.52. The molecule has 23 heavy (non-hydrogen) atoms. The van der Waals surface area contributed by atoms with Crippen LogP contribution in [0.2, 0.25) is 0 Å². The van der Waals surface area contributed by atoms with E-state index in [2.05, 4.69) is 24.4 Å². The molecule has 1 spiro atoms. The van der Waals surface area contributed by atoms with E-state index in [4.69, 9.17) is 4.74 Å². The smallest absolute Gasteiger partial charge is 0.260 e. The van der Waals surface area contributed by atoms with Crippen molar-refractivity contribution in [3.63, 3.8) is 0 Å². The topological polar surface area (TPSA) is 41.6 Å². The van der Waals surface area contributed by atoms with Crippen LogP contribution in [0.3, 0.4) is 0 Å². The molecule has 1 N–H and O–H groups in total. The fraction of sp³-hybridized carbons (Fsp3) is 0.632. The van der Waals surface area contributed by atoms with Crippen molar-refractivity contribution in [2.24, 2.45) is 5.41 Å². The zero-order chi connectivity index (χ0) is 16.4. The van der Waals surface area contributed by atoms with E-state index < -0.39 is 0 Å². The number of nitrogens with zero attached hydrogens (tertiary/aromatic N) is 1. The average molecular weight is 316 g/mol. The van der Waals surface area contributed by atoms with E-state index in [-0.39, 0.29) is 12.5 Å². The lowest BCUT2D eigenvalue weighted by atomic mass is 9.78. The van der Waals surface area contributed by atoms with Gasteiger partial charge in [-0.15, -0.1) is 0 Å². The van der Waals surface area contributed by atoms with Gasteiger partial charge in [-0.2, -0.15) is 0 Å². The molecule has 1 aromatic carbocycles. The minimum absolute atomic E-state index is 0.116. The Morgan fingerprint density at radius 3 is 2.39 bits per heavy atom. The van der Waals surface area contributed by atoms with Crippen molar-refractivity contribution in [2.75, 3.05) is 32.8 Å². The molecule has 0 unspecified atom stereocenters. The number of piperidine rings is 1. The van der Waals surface area contributed by atoms with Gasteiger partial charge < -0.3 is 15.0 Å². The van der Waals surface area contributed by atoms with Crippen molar-refractivity contribution in [3.05, 3.63) is 28.8 Å². The third-order valence-corrected chi connectivity index (χ3v) is 5.45. The molecular formula is C19H28N2O2. The van der Waals surface area contributed by atoms with Gasteiger partial charge in [-0.25, -0.2) is 0 Å². The number of carbonyl (C=O) groups is 1. The van der Waals surface area contributed by atoms with Crippen molar-refractivity contribution in [1.82, 2.24) is 10.2 Å². The van der Waals surface area contributed by atoms with Gasteiger partial charge in [-0.1, -0.05) is 17.7 Å². The molecule has 0 aliphatic carbocycles. The zero-order valence-corrected chi connectivity index (χ0v) is 14.6. The number of likely N-dealkylation sites (tertiary alicyclic amines) is 1. The predicted octanol–water partition coefficient (Wildman–Crippen LogP) is 2.59. The molecule has 0 radical (unpaired) electrons. The Hall–Kier alpha value is -1.55. The maximum absolute atomic E-state index is 12.4. The second-order valence-corrected chi connectivity index (χ2v) is 7.32. The van der Waals surface area contributed by atoms with Crippen LogP contribution in [0, 0.1) is 26.2 Å². The highest BCUT2D eigenvalue weighted by Gasteiger charge is 2.38. The van der Waals surface area contributed by atoms with Gasteiger partial charge in [0.2, 0.25) is 0 Å². The monoisotopic (exact) mass is 316 g/mol. The molecule has 3 rings (SSSR count). The molecule has 0 saturated carbocycles. The maximum atomic E-state index is 12.4. The molecule has 2 heterocycles. The normalized spacial score (nSPS) is 20.0. The van der Waals surface area contributed by atoms with Crippen molar-refractivity contribution < 1.29 is 9.53 Å². The first kappa shape index (κ1) is 16.3. The lowest BCUT2D eigenvalue weighted by molar-refractivity contribution is -0.135. The Labute approximate surface area is 139 Å². The van der Waals surface area contributed by atoms with Gasteiger partial charge in [0.1, 0.15) is 5.75 Å². The molecule has 2 aliphatic heterocycles. The summed E-state index contributed by atoms with van der Waals surface area (Å²) >= 11 is 0. The summed E-state index contributed by atoms with van der Waals surface area (Å²) in [6.07, 6.45) is 3.50. The first-order chi connectivity index (χ1) is 11.0. The number of rotatable bonds is 3. The summed E-state index contributed by atoms with van der Waals surface area (Å²) in [5.41, 5.74) is 3.88. The summed E-state index contributed by atoms with van der Waals surface area (Å²) in [5.74, 6) is 0.975. The molecule has 4 nitrogen and oxygen atoms in total. The van der Waals surface area contributed by atoms with Crippen LogP contribution in [0.1, 0.15) is 36.0 Å². The van der Waals surface area contributed by atoms with E-state index in [0.29, 0.717) is 5.41 Å².